The van der Waals surface area contributed by atoms with Gasteiger partial charge in [-0.15, -0.1) is 0 Å². The minimum atomic E-state index is 0.398. The Hall–Kier alpha value is -1.74. The molecule has 18 heavy (non-hydrogen) atoms. The zero-order chi connectivity index (χ0) is 13.0. The molecule has 0 saturated heterocycles. The van der Waals surface area contributed by atoms with E-state index in [2.05, 4.69) is 5.32 Å². The van der Waals surface area contributed by atoms with Gasteiger partial charge in [0, 0.05) is 19.5 Å². The van der Waals surface area contributed by atoms with Crippen LogP contribution in [0.4, 0.5) is 0 Å². The van der Waals surface area contributed by atoms with Crippen LogP contribution in [0, 0.1) is 13.8 Å². The van der Waals surface area contributed by atoms with Crippen LogP contribution in [0.3, 0.4) is 0 Å². The number of phenolic OH excluding ortho intramolecular Hbond substituents is 1. The average molecular weight is 245 g/mol. The number of hydrogen-bond donors (Lipinski definition) is 2. The molecule has 0 spiro atoms. The molecule has 3 heteroatoms. The second-order valence-corrected chi connectivity index (χ2v) is 4.58. The first-order chi connectivity index (χ1) is 8.66. The Morgan fingerprint density at radius 3 is 2.56 bits per heavy atom. The Kier molecular flexibility index (Phi) is 4.05. The van der Waals surface area contributed by atoms with Gasteiger partial charge >= 0.3 is 0 Å². The lowest BCUT2D eigenvalue weighted by Gasteiger charge is -2.08. The molecule has 0 fully saturated rings. The van der Waals surface area contributed by atoms with Crippen molar-refractivity contribution in [2.24, 2.45) is 0 Å². The molecule has 0 unspecified atom stereocenters. The van der Waals surface area contributed by atoms with Crippen LogP contribution in [-0.4, -0.2) is 11.7 Å². The van der Waals surface area contributed by atoms with Crippen molar-refractivity contribution in [3.63, 3.8) is 0 Å². The third-order valence-electron chi connectivity index (χ3n) is 3.01. The maximum Gasteiger partial charge on any atom is 0.121 e. The molecular formula is C15H19NO2. The van der Waals surface area contributed by atoms with E-state index in [9.17, 15) is 5.11 Å². The second-order valence-electron chi connectivity index (χ2n) is 4.58. The fourth-order valence-corrected chi connectivity index (χ4v) is 2.05. The number of benzene rings is 1. The van der Waals surface area contributed by atoms with E-state index >= 15 is 0 Å². The molecule has 1 aromatic carbocycles. The molecule has 96 valence electrons. The number of aromatic hydroxyl groups is 1. The van der Waals surface area contributed by atoms with Gasteiger partial charge in [0.05, 0.1) is 6.26 Å². The van der Waals surface area contributed by atoms with Crippen molar-refractivity contribution in [2.75, 3.05) is 6.54 Å². The summed E-state index contributed by atoms with van der Waals surface area (Å²) in [6.07, 6.45) is 2.59. The van der Waals surface area contributed by atoms with Crippen molar-refractivity contribution in [1.82, 2.24) is 5.32 Å². The van der Waals surface area contributed by atoms with Gasteiger partial charge in [-0.05, 0) is 42.7 Å². The maximum absolute atomic E-state index is 9.69. The predicted octanol–water partition coefficient (Wildman–Crippen LogP) is 2.93. The lowest BCUT2D eigenvalue weighted by Crippen LogP contribution is -2.16. The number of nitrogens with one attached hydrogen (secondary N) is 1. The summed E-state index contributed by atoms with van der Waals surface area (Å²) in [5, 5.41) is 13.1. The lowest BCUT2D eigenvalue weighted by atomic mass is 10.1. The normalized spacial score (nSPS) is 10.8. The third-order valence-corrected chi connectivity index (χ3v) is 3.01. The van der Waals surface area contributed by atoms with Crippen LogP contribution >= 0.6 is 0 Å². The SMILES string of the molecule is Cc1cc(CNCCc2ccco2)cc(C)c1O. The van der Waals surface area contributed by atoms with Gasteiger partial charge in [0.1, 0.15) is 11.5 Å². The Morgan fingerprint density at radius 2 is 1.94 bits per heavy atom. The molecule has 0 radical (unpaired) electrons. The van der Waals surface area contributed by atoms with Gasteiger partial charge in [-0.2, -0.15) is 0 Å². The van der Waals surface area contributed by atoms with E-state index in [1.165, 1.54) is 5.56 Å². The van der Waals surface area contributed by atoms with Crippen LogP contribution in [0.2, 0.25) is 0 Å². The molecule has 0 aliphatic heterocycles. The van der Waals surface area contributed by atoms with Crippen molar-refractivity contribution in [3.8, 4) is 5.75 Å². The van der Waals surface area contributed by atoms with Crippen LogP contribution < -0.4 is 5.32 Å². The minimum Gasteiger partial charge on any atom is -0.507 e. The highest BCUT2D eigenvalue weighted by molar-refractivity contribution is 5.42. The van der Waals surface area contributed by atoms with Crippen LogP contribution in [0.1, 0.15) is 22.5 Å². The maximum atomic E-state index is 9.69. The van der Waals surface area contributed by atoms with Crippen LogP contribution in [0.5, 0.6) is 5.75 Å². The first-order valence-electron chi connectivity index (χ1n) is 6.19. The zero-order valence-corrected chi connectivity index (χ0v) is 10.9. The van der Waals surface area contributed by atoms with Gasteiger partial charge in [0.15, 0.2) is 0 Å². The highest BCUT2D eigenvalue weighted by atomic mass is 16.3. The highest BCUT2D eigenvalue weighted by Crippen LogP contribution is 2.22. The van der Waals surface area contributed by atoms with E-state index in [1.807, 2.05) is 38.1 Å². The molecule has 0 aliphatic carbocycles. The van der Waals surface area contributed by atoms with Gasteiger partial charge in [0.2, 0.25) is 0 Å². The van der Waals surface area contributed by atoms with Gasteiger partial charge in [-0.25, -0.2) is 0 Å². The summed E-state index contributed by atoms with van der Waals surface area (Å²) in [5.41, 5.74) is 3.05. The minimum absolute atomic E-state index is 0.398. The molecule has 1 aromatic heterocycles. The molecule has 0 aliphatic rings. The smallest absolute Gasteiger partial charge is 0.121 e. The molecule has 2 aromatic rings. The van der Waals surface area contributed by atoms with E-state index in [0.29, 0.717) is 5.75 Å². The van der Waals surface area contributed by atoms with E-state index < -0.39 is 0 Å². The first kappa shape index (κ1) is 12.7. The first-order valence-corrected chi connectivity index (χ1v) is 6.19. The summed E-state index contributed by atoms with van der Waals surface area (Å²) in [6, 6.07) is 7.92. The molecule has 1 heterocycles. The van der Waals surface area contributed by atoms with Gasteiger partial charge in [-0.3, -0.25) is 0 Å². The number of hydrogen-bond acceptors (Lipinski definition) is 3. The number of aryl methyl sites for hydroxylation is 2. The highest BCUT2D eigenvalue weighted by Gasteiger charge is 2.03. The van der Waals surface area contributed by atoms with E-state index in [0.717, 1.165) is 36.4 Å². The second kappa shape index (κ2) is 5.74. The molecule has 0 bridgehead atoms. The Morgan fingerprint density at radius 1 is 1.22 bits per heavy atom. The van der Waals surface area contributed by atoms with E-state index in [4.69, 9.17) is 4.42 Å². The van der Waals surface area contributed by atoms with E-state index in [-0.39, 0.29) is 0 Å². The third kappa shape index (κ3) is 3.14. The summed E-state index contributed by atoms with van der Waals surface area (Å²) < 4.78 is 5.27. The van der Waals surface area contributed by atoms with Crippen LogP contribution in [0.25, 0.3) is 0 Å². The Labute approximate surface area is 107 Å². The standard InChI is InChI=1S/C15H19NO2/c1-11-8-13(9-12(2)15(11)17)10-16-6-5-14-4-3-7-18-14/h3-4,7-9,16-17H,5-6,10H2,1-2H3. The van der Waals surface area contributed by atoms with Crippen molar-refractivity contribution in [3.05, 3.63) is 53.0 Å². The molecular weight excluding hydrogens is 226 g/mol. The van der Waals surface area contributed by atoms with Gasteiger partial charge in [0.25, 0.3) is 0 Å². The lowest BCUT2D eigenvalue weighted by molar-refractivity contribution is 0.466. The van der Waals surface area contributed by atoms with Gasteiger partial charge < -0.3 is 14.8 Å². The quantitative estimate of drug-likeness (QED) is 0.796. The fourth-order valence-electron chi connectivity index (χ4n) is 2.05. The van der Waals surface area contributed by atoms with Crippen molar-refractivity contribution in [1.29, 1.82) is 0 Å². The monoisotopic (exact) mass is 245 g/mol. The summed E-state index contributed by atoms with van der Waals surface area (Å²) in [4.78, 5) is 0. The molecule has 0 atom stereocenters. The zero-order valence-electron chi connectivity index (χ0n) is 10.9. The summed E-state index contributed by atoms with van der Waals surface area (Å²) in [6.45, 7) is 5.54. The van der Waals surface area contributed by atoms with Gasteiger partial charge in [-0.1, -0.05) is 12.1 Å². The average Bonchev–Trinajstić information content (AvgIpc) is 2.84. The molecule has 2 N–H and O–H groups in total. The van der Waals surface area contributed by atoms with Crippen molar-refractivity contribution >= 4 is 0 Å². The largest absolute Gasteiger partial charge is 0.507 e. The Balaban J connectivity index is 1.83. The fraction of sp³-hybridized carbons (Fsp3) is 0.333. The Bertz CT molecular complexity index is 480. The molecule has 3 nitrogen and oxygen atoms in total. The molecule has 0 amide bonds. The van der Waals surface area contributed by atoms with Crippen molar-refractivity contribution in [2.45, 2.75) is 26.8 Å². The summed E-state index contributed by atoms with van der Waals surface area (Å²) in [5.74, 6) is 1.40. The van der Waals surface area contributed by atoms with Crippen molar-refractivity contribution < 1.29 is 9.52 Å². The predicted molar refractivity (Wildman–Crippen MR) is 71.7 cm³/mol. The molecule has 0 saturated carbocycles. The number of phenols is 1. The number of rotatable bonds is 5. The van der Waals surface area contributed by atoms with Crippen LogP contribution in [-0.2, 0) is 13.0 Å². The number of furan rings is 1. The summed E-state index contributed by atoms with van der Waals surface area (Å²) >= 11 is 0. The molecule has 2 rings (SSSR count). The summed E-state index contributed by atoms with van der Waals surface area (Å²) in [7, 11) is 0. The topological polar surface area (TPSA) is 45.4 Å². The van der Waals surface area contributed by atoms with E-state index in [1.54, 1.807) is 6.26 Å². The van der Waals surface area contributed by atoms with Crippen LogP contribution in [0.15, 0.2) is 34.9 Å².